The van der Waals surface area contributed by atoms with E-state index in [0.717, 1.165) is 6.07 Å². The van der Waals surface area contributed by atoms with Crippen LogP contribution < -0.4 is 5.56 Å². The van der Waals surface area contributed by atoms with Crippen LogP contribution in [0.3, 0.4) is 0 Å². The second-order valence-corrected chi connectivity index (χ2v) is 6.04. The van der Waals surface area contributed by atoms with Gasteiger partial charge in [-0.3, -0.25) is 4.79 Å². The summed E-state index contributed by atoms with van der Waals surface area (Å²) in [6.45, 7) is 2.51. The molecule has 0 aliphatic heterocycles. The van der Waals surface area contributed by atoms with Crippen LogP contribution in [0.1, 0.15) is 28.0 Å². The Kier molecular flexibility index (Phi) is 5.15. The molecule has 0 N–H and O–H groups in total. The summed E-state index contributed by atoms with van der Waals surface area (Å²) in [6, 6.07) is 6.42. The summed E-state index contributed by atoms with van der Waals surface area (Å²) < 4.78 is 24.7. The Labute approximate surface area is 145 Å². The third-order valence-electron chi connectivity index (χ3n) is 3.18. The Morgan fingerprint density at radius 1 is 1.32 bits per heavy atom. The van der Waals surface area contributed by atoms with Gasteiger partial charge in [0, 0.05) is 12.7 Å². The van der Waals surface area contributed by atoms with Crippen molar-refractivity contribution < 1.29 is 18.7 Å². The predicted molar refractivity (Wildman–Crippen MR) is 88.0 cm³/mol. The molecule has 7 nitrogen and oxygen atoms in total. The van der Waals surface area contributed by atoms with Gasteiger partial charge in [0.2, 0.25) is 4.96 Å². The topological polar surface area (TPSA) is 82.8 Å². The molecule has 0 atom stereocenters. The highest BCUT2D eigenvalue weighted by Crippen LogP contribution is 2.13. The first-order valence-electron chi connectivity index (χ1n) is 7.46. The van der Waals surface area contributed by atoms with Crippen molar-refractivity contribution in [2.75, 3.05) is 6.61 Å². The maximum atomic E-state index is 13.1. The number of aromatic nitrogens is 3. The van der Waals surface area contributed by atoms with Gasteiger partial charge in [0.1, 0.15) is 24.0 Å². The highest BCUT2D eigenvalue weighted by molar-refractivity contribution is 7.16. The highest BCUT2D eigenvalue weighted by atomic mass is 32.1. The van der Waals surface area contributed by atoms with E-state index < -0.39 is 11.8 Å². The molecule has 0 unspecified atom stereocenters. The van der Waals surface area contributed by atoms with Crippen molar-refractivity contribution in [1.82, 2.24) is 14.6 Å². The molecule has 2 aromatic heterocycles. The second kappa shape index (κ2) is 7.49. The van der Waals surface area contributed by atoms with Crippen LogP contribution in [0.25, 0.3) is 4.96 Å². The summed E-state index contributed by atoms with van der Waals surface area (Å²) in [5, 5.41) is 4.75. The van der Waals surface area contributed by atoms with Gasteiger partial charge >= 0.3 is 5.97 Å². The van der Waals surface area contributed by atoms with E-state index in [0.29, 0.717) is 28.9 Å². The Balaban J connectivity index is 1.75. The summed E-state index contributed by atoms with van der Waals surface area (Å²) >= 11 is 1.22. The van der Waals surface area contributed by atoms with E-state index in [-0.39, 0.29) is 17.7 Å². The van der Waals surface area contributed by atoms with Gasteiger partial charge in [-0.05, 0) is 25.1 Å². The first-order chi connectivity index (χ1) is 12.1. The summed E-state index contributed by atoms with van der Waals surface area (Å²) in [5.74, 6) is -1.22. The number of hydrogen-bond acceptors (Lipinski definition) is 7. The smallest absolute Gasteiger partial charge is 0.338 e. The Morgan fingerprint density at radius 2 is 2.16 bits per heavy atom. The standard InChI is InChI=1S/C16H14FN3O4S/c1-2-23-9-13-19-20-14(21)7-12(18-16(20)25-13)8-24-15(22)10-4-3-5-11(17)6-10/h3-7H,2,8-9H2,1H3. The first kappa shape index (κ1) is 17.2. The SMILES string of the molecule is CCOCc1nn2c(=O)cc(COC(=O)c3cccc(F)c3)nc2s1. The minimum absolute atomic E-state index is 0.0922. The quantitative estimate of drug-likeness (QED) is 0.624. The summed E-state index contributed by atoms with van der Waals surface area (Å²) in [4.78, 5) is 28.6. The number of halogens is 1. The van der Waals surface area contributed by atoms with E-state index in [1.54, 1.807) is 0 Å². The molecular formula is C16H14FN3O4S. The number of esters is 1. The van der Waals surface area contributed by atoms with Crippen molar-refractivity contribution >= 4 is 22.3 Å². The molecule has 0 saturated carbocycles. The van der Waals surface area contributed by atoms with Crippen LogP contribution in [0.4, 0.5) is 4.39 Å². The van der Waals surface area contributed by atoms with Gasteiger partial charge in [-0.25, -0.2) is 14.2 Å². The van der Waals surface area contributed by atoms with Crippen LogP contribution in [0.5, 0.6) is 0 Å². The molecule has 0 fully saturated rings. The van der Waals surface area contributed by atoms with Gasteiger partial charge in [-0.15, -0.1) is 0 Å². The zero-order valence-electron chi connectivity index (χ0n) is 13.3. The molecular weight excluding hydrogens is 349 g/mol. The number of benzene rings is 1. The average Bonchev–Trinajstić information content (AvgIpc) is 3.01. The van der Waals surface area contributed by atoms with Crippen LogP contribution >= 0.6 is 11.3 Å². The number of nitrogens with zero attached hydrogens (tertiary/aromatic N) is 3. The fraction of sp³-hybridized carbons (Fsp3) is 0.250. The molecule has 3 aromatic rings. The van der Waals surface area contributed by atoms with Gasteiger partial charge in [-0.1, -0.05) is 17.4 Å². The van der Waals surface area contributed by atoms with Gasteiger partial charge in [0.15, 0.2) is 0 Å². The normalized spacial score (nSPS) is 11.0. The molecule has 0 bridgehead atoms. The zero-order valence-corrected chi connectivity index (χ0v) is 14.1. The fourth-order valence-electron chi connectivity index (χ4n) is 2.06. The Bertz CT molecular complexity index is 969. The lowest BCUT2D eigenvalue weighted by molar-refractivity contribution is 0.0467. The molecule has 25 heavy (non-hydrogen) atoms. The molecule has 0 saturated heterocycles. The van der Waals surface area contributed by atoms with Crippen LogP contribution in [0, 0.1) is 5.82 Å². The first-order valence-corrected chi connectivity index (χ1v) is 8.27. The van der Waals surface area contributed by atoms with Crippen molar-refractivity contribution in [1.29, 1.82) is 0 Å². The number of carbonyl (C=O) groups is 1. The lowest BCUT2D eigenvalue weighted by Crippen LogP contribution is -2.16. The minimum Gasteiger partial charge on any atom is -0.456 e. The van der Waals surface area contributed by atoms with E-state index in [1.165, 1.54) is 40.1 Å². The second-order valence-electron chi connectivity index (χ2n) is 5.00. The molecule has 2 heterocycles. The van der Waals surface area contributed by atoms with Gasteiger partial charge in [0.25, 0.3) is 5.56 Å². The molecule has 0 amide bonds. The fourth-order valence-corrected chi connectivity index (χ4v) is 2.91. The number of rotatable bonds is 6. The predicted octanol–water partition coefficient (Wildman–Crippen LogP) is 2.18. The van der Waals surface area contributed by atoms with Crippen molar-refractivity contribution in [3.05, 3.63) is 62.8 Å². The van der Waals surface area contributed by atoms with Crippen LogP contribution in [0.2, 0.25) is 0 Å². The monoisotopic (exact) mass is 363 g/mol. The van der Waals surface area contributed by atoms with E-state index in [1.807, 2.05) is 6.92 Å². The van der Waals surface area contributed by atoms with Crippen LogP contribution in [0.15, 0.2) is 35.1 Å². The van der Waals surface area contributed by atoms with Crippen molar-refractivity contribution in [2.24, 2.45) is 0 Å². The van der Waals surface area contributed by atoms with Crippen molar-refractivity contribution in [3.63, 3.8) is 0 Å². The molecule has 0 aliphatic carbocycles. The number of hydrogen-bond donors (Lipinski definition) is 0. The summed E-state index contributed by atoms with van der Waals surface area (Å²) in [5.41, 5.74) is 0.0109. The lowest BCUT2D eigenvalue weighted by atomic mass is 10.2. The lowest BCUT2D eigenvalue weighted by Gasteiger charge is -2.04. The van der Waals surface area contributed by atoms with E-state index >= 15 is 0 Å². The highest BCUT2D eigenvalue weighted by Gasteiger charge is 2.12. The van der Waals surface area contributed by atoms with Crippen molar-refractivity contribution in [3.8, 4) is 0 Å². The van der Waals surface area contributed by atoms with Crippen LogP contribution in [-0.2, 0) is 22.7 Å². The van der Waals surface area contributed by atoms with Gasteiger partial charge in [-0.2, -0.15) is 9.61 Å². The van der Waals surface area contributed by atoms with Gasteiger partial charge in [0.05, 0.1) is 11.3 Å². The van der Waals surface area contributed by atoms with Crippen molar-refractivity contribution in [2.45, 2.75) is 20.1 Å². The Hall–Kier alpha value is -2.65. The van der Waals surface area contributed by atoms with E-state index in [4.69, 9.17) is 9.47 Å². The molecule has 130 valence electrons. The van der Waals surface area contributed by atoms with E-state index in [9.17, 15) is 14.0 Å². The zero-order chi connectivity index (χ0) is 17.8. The molecule has 0 aliphatic rings. The molecule has 0 spiro atoms. The number of ether oxygens (including phenoxy) is 2. The van der Waals surface area contributed by atoms with Gasteiger partial charge < -0.3 is 9.47 Å². The Morgan fingerprint density at radius 3 is 2.92 bits per heavy atom. The van der Waals surface area contributed by atoms with Crippen LogP contribution in [-0.4, -0.2) is 27.2 Å². The molecule has 3 rings (SSSR count). The third kappa shape index (κ3) is 4.06. The third-order valence-corrected chi connectivity index (χ3v) is 4.06. The molecule has 9 heteroatoms. The number of fused-ring (bicyclic) bond motifs is 1. The maximum Gasteiger partial charge on any atom is 0.338 e. The molecule has 0 radical (unpaired) electrons. The van der Waals surface area contributed by atoms with E-state index in [2.05, 4.69) is 10.1 Å². The largest absolute Gasteiger partial charge is 0.456 e. The summed E-state index contributed by atoms with van der Waals surface area (Å²) in [6.07, 6.45) is 0. The summed E-state index contributed by atoms with van der Waals surface area (Å²) in [7, 11) is 0. The average molecular weight is 363 g/mol. The number of carbonyl (C=O) groups excluding carboxylic acids is 1. The minimum atomic E-state index is -0.692. The maximum absolute atomic E-state index is 13.1. The molecule has 1 aromatic carbocycles.